The van der Waals surface area contributed by atoms with Crippen LogP contribution in [0.3, 0.4) is 0 Å². The van der Waals surface area contributed by atoms with E-state index < -0.39 is 0 Å². The number of hydrogen-bond acceptors (Lipinski definition) is 1. The number of rotatable bonds is 2. The largest absolute Gasteiger partial charge is 0.300 e. The normalized spacial score (nSPS) is 8.25. The number of carbonyl (C=O) groups excluding carboxylic acids is 1. The van der Waals surface area contributed by atoms with Gasteiger partial charge in [0.15, 0.2) is 0 Å². The smallest absolute Gasteiger partial charge is 0.134 e. The molecule has 1 heteroatoms. The standard InChI is InChI=1S/C9H10O.C2H6/c1-8(10)7-9-5-3-2-4-6-9;1-2/h2-6H,7H2,1H3;1-2H3. The summed E-state index contributed by atoms with van der Waals surface area (Å²) in [5.74, 6) is 0.214. The average Bonchev–Trinajstić information content (AvgIpc) is 2.08. The van der Waals surface area contributed by atoms with Crippen LogP contribution in [0, 0.1) is 0 Å². The Hall–Kier alpha value is -1.11. The van der Waals surface area contributed by atoms with Gasteiger partial charge in [-0.15, -0.1) is 0 Å². The van der Waals surface area contributed by atoms with Crippen LogP contribution in [0.15, 0.2) is 30.3 Å². The summed E-state index contributed by atoms with van der Waals surface area (Å²) >= 11 is 0. The highest BCUT2D eigenvalue weighted by Gasteiger charge is 1.93. The van der Waals surface area contributed by atoms with Crippen LogP contribution in [0.2, 0.25) is 0 Å². The SMILES string of the molecule is CC.CC(=O)Cc1ccccc1. The van der Waals surface area contributed by atoms with Crippen LogP contribution in [0.4, 0.5) is 0 Å². The van der Waals surface area contributed by atoms with E-state index in [4.69, 9.17) is 0 Å². The minimum Gasteiger partial charge on any atom is -0.300 e. The van der Waals surface area contributed by atoms with E-state index in [2.05, 4.69) is 0 Å². The first kappa shape index (κ1) is 10.9. The molecule has 0 aliphatic heterocycles. The van der Waals surface area contributed by atoms with Gasteiger partial charge in [-0.1, -0.05) is 44.2 Å². The maximum Gasteiger partial charge on any atom is 0.134 e. The molecule has 1 aromatic carbocycles. The molecular formula is C11H16O. The summed E-state index contributed by atoms with van der Waals surface area (Å²) in [6.45, 7) is 5.60. The molecule has 12 heavy (non-hydrogen) atoms. The first-order chi connectivity index (χ1) is 5.79. The lowest BCUT2D eigenvalue weighted by Crippen LogP contribution is -1.94. The lowest BCUT2D eigenvalue weighted by Gasteiger charge is -1.93. The summed E-state index contributed by atoms with van der Waals surface area (Å²) in [6.07, 6.45) is 0.556. The Bertz CT molecular complexity index is 214. The van der Waals surface area contributed by atoms with Gasteiger partial charge in [0.1, 0.15) is 5.78 Å². The van der Waals surface area contributed by atoms with E-state index in [1.54, 1.807) is 6.92 Å². The van der Waals surface area contributed by atoms with Gasteiger partial charge >= 0.3 is 0 Å². The van der Waals surface area contributed by atoms with Crippen molar-refractivity contribution in [2.45, 2.75) is 27.2 Å². The number of benzene rings is 1. The molecule has 0 N–H and O–H groups in total. The zero-order chi connectivity index (χ0) is 9.40. The lowest BCUT2D eigenvalue weighted by atomic mass is 10.1. The third kappa shape index (κ3) is 4.67. The van der Waals surface area contributed by atoms with Gasteiger partial charge in [-0.2, -0.15) is 0 Å². The highest BCUT2D eigenvalue weighted by Crippen LogP contribution is 1.98. The molecule has 0 bridgehead atoms. The number of carbonyl (C=O) groups is 1. The average molecular weight is 164 g/mol. The second-order valence-electron chi connectivity index (χ2n) is 2.36. The molecule has 66 valence electrons. The van der Waals surface area contributed by atoms with Crippen molar-refractivity contribution < 1.29 is 4.79 Å². The van der Waals surface area contributed by atoms with Crippen molar-refractivity contribution in [2.24, 2.45) is 0 Å². The molecule has 1 rings (SSSR count). The molecule has 0 atom stereocenters. The van der Waals surface area contributed by atoms with E-state index in [1.807, 2.05) is 44.2 Å². The Morgan fingerprint density at radius 3 is 2.08 bits per heavy atom. The topological polar surface area (TPSA) is 17.1 Å². The zero-order valence-electron chi connectivity index (χ0n) is 8.00. The number of ketones is 1. The third-order valence-electron chi connectivity index (χ3n) is 1.30. The van der Waals surface area contributed by atoms with E-state index in [0.717, 1.165) is 5.56 Å². The van der Waals surface area contributed by atoms with E-state index in [0.29, 0.717) is 6.42 Å². The van der Waals surface area contributed by atoms with Crippen LogP contribution in [-0.4, -0.2) is 5.78 Å². The summed E-state index contributed by atoms with van der Waals surface area (Å²) in [5.41, 5.74) is 1.09. The van der Waals surface area contributed by atoms with Crippen LogP contribution in [0.25, 0.3) is 0 Å². The van der Waals surface area contributed by atoms with Crippen molar-refractivity contribution in [2.75, 3.05) is 0 Å². The molecule has 0 spiro atoms. The van der Waals surface area contributed by atoms with Crippen molar-refractivity contribution >= 4 is 5.78 Å². The molecule has 0 radical (unpaired) electrons. The zero-order valence-corrected chi connectivity index (χ0v) is 8.00. The second kappa shape index (κ2) is 6.59. The summed E-state index contributed by atoms with van der Waals surface area (Å²) in [6, 6.07) is 9.75. The highest BCUT2D eigenvalue weighted by atomic mass is 16.1. The summed E-state index contributed by atoms with van der Waals surface area (Å²) < 4.78 is 0. The fraction of sp³-hybridized carbons (Fsp3) is 0.364. The van der Waals surface area contributed by atoms with Gasteiger partial charge < -0.3 is 0 Å². The van der Waals surface area contributed by atoms with Crippen LogP contribution >= 0.6 is 0 Å². The van der Waals surface area contributed by atoms with Crippen LogP contribution in [-0.2, 0) is 11.2 Å². The van der Waals surface area contributed by atoms with Crippen molar-refractivity contribution in [3.63, 3.8) is 0 Å². The van der Waals surface area contributed by atoms with E-state index >= 15 is 0 Å². The molecule has 0 heterocycles. The highest BCUT2D eigenvalue weighted by molar-refractivity contribution is 5.78. The molecule has 0 aliphatic carbocycles. The maximum atomic E-state index is 10.6. The Labute approximate surface area is 74.4 Å². The van der Waals surface area contributed by atoms with Gasteiger partial charge in [0.25, 0.3) is 0 Å². The maximum absolute atomic E-state index is 10.6. The number of hydrogen-bond donors (Lipinski definition) is 0. The Kier molecular flexibility index (Phi) is 5.98. The fourth-order valence-corrected chi connectivity index (χ4v) is 0.883. The Balaban J connectivity index is 0.000000561. The Morgan fingerprint density at radius 2 is 1.67 bits per heavy atom. The van der Waals surface area contributed by atoms with Gasteiger partial charge in [-0.3, -0.25) is 4.79 Å². The molecule has 0 fully saturated rings. The minimum absolute atomic E-state index is 0.214. The molecule has 0 aliphatic rings. The van der Waals surface area contributed by atoms with Crippen LogP contribution in [0.1, 0.15) is 26.3 Å². The first-order valence-corrected chi connectivity index (χ1v) is 4.32. The fourth-order valence-electron chi connectivity index (χ4n) is 0.883. The third-order valence-corrected chi connectivity index (χ3v) is 1.30. The summed E-state index contributed by atoms with van der Waals surface area (Å²) in [5, 5.41) is 0. The number of Topliss-reactive ketones (excluding diaryl/α,β-unsaturated/α-hetero) is 1. The van der Waals surface area contributed by atoms with Gasteiger partial charge in [-0.05, 0) is 12.5 Å². The second-order valence-corrected chi connectivity index (χ2v) is 2.36. The lowest BCUT2D eigenvalue weighted by molar-refractivity contribution is -0.116. The molecule has 0 saturated heterocycles. The molecule has 0 unspecified atom stereocenters. The van der Waals surface area contributed by atoms with Crippen molar-refractivity contribution in [1.82, 2.24) is 0 Å². The van der Waals surface area contributed by atoms with Gasteiger partial charge in [0, 0.05) is 6.42 Å². The predicted molar refractivity (Wildman–Crippen MR) is 52.2 cm³/mol. The van der Waals surface area contributed by atoms with Crippen molar-refractivity contribution in [3.05, 3.63) is 35.9 Å². The molecule has 0 aromatic heterocycles. The monoisotopic (exact) mass is 164 g/mol. The van der Waals surface area contributed by atoms with E-state index in [1.165, 1.54) is 0 Å². The summed E-state index contributed by atoms with van der Waals surface area (Å²) in [7, 11) is 0. The van der Waals surface area contributed by atoms with Crippen LogP contribution < -0.4 is 0 Å². The first-order valence-electron chi connectivity index (χ1n) is 4.32. The van der Waals surface area contributed by atoms with Gasteiger partial charge in [0.2, 0.25) is 0 Å². The van der Waals surface area contributed by atoms with Gasteiger partial charge in [0.05, 0.1) is 0 Å². The van der Waals surface area contributed by atoms with Gasteiger partial charge in [-0.25, -0.2) is 0 Å². The van der Waals surface area contributed by atoms with Crippen molar-refractivity contribution in [3.8, 4) is 0 Å². The quantitative estimate of drug-likeness (QED) is 0.657. The molecule has 1 aromatic rings. The molecular weight excluding hydrogens is 148 g/mol. The molecule has 1 nitrogen and oxygen atoms in total. The minimum atomic E-state index is 0.214. The van der Waals surface area contributed by atoms with E-state index in [9.17, 15) is 4.79 Å². The van der Waals surface area contributed by atoms with E-state index in [-0.39, 0.29) is 5.78 Å². The van der Waals surface area contributed by atoms with Crippen LogP contribution in [0.5, 0.6) is 0 Å². The van der Waals surface area contributed by atoms with Crippen molar-refractivity contribution in [1.29, 1.82) is 0 Å². The predicted octanol–water partition coefficient (Wildman–Crippen LogP) is 2.84. The summed E-state index contributed by atoms with van der Waals surface area (Å²) in [4.78, 5) is 10.6. The Morgan fingerprint density at radius 1 is 1.17 bits per heavy atom. The molecule has 0 saturated carbocycles. The molecule has 0 amide bonds.